The standard InChI is InChI=1S/C7H9N2O3.BrH/c1-6(10)12-7(11)9-4-3-8(2)5-9;/h3-5H,1-2H3;1H/q+1;/p-1. The van der Waals surface area contributed by atoms with Crippen LogP contribution in [0.5, 0.6) is 0 Å². The Morgan fingerprint density at radius 2 is 2.08 bits per heavy atom. The average Bonchev–Trinajstić information content (AvgIpc) is 2.34. The minimum Gasteiger partial charge on any atom is -1.00 e. The summed E-state index contributed by atoms with van der Waals surface area (Å²) in [5.74, 6) is -0.614. The molecule has 0 saturated carbocycles. The number of hydrogen-bond donors (Lipinski definition) is 0. The summed E-state index contributed by atoms with van der Waals surface area (Å²) in [4.78, 5) is 21.3. The molecule has 5 nitrogen and oxygen atoms in total. The summed E-state index contributed by atoms with van der Waals surface area (Å²) in [5, 5.41) is 0. The van der Waals surface area contributed by atoms with Crippen LogP contribution in [0.2, 0.25) is 0 Å². The molecule has 0 aliphatic rings. The second-order valence-corrected chi connectivity index (χ2v) is 2.35. The molecule has 1 heterocycles. The summed E-state index contributed by atoms with van der Waals surface area (Å²) >= 11 is 0. The van der Waals surface area contributed by atoms with Crippen molar-refractivity contribution in [1.82, 2.24) is 4.57 Å². The van der Waals surface area contributed by atoms with Crippen LogP contribution in [-0.4, -0.2) is 16.6 Å². The summed E-state index contributed by atoms with van der Waals surface area (Å²) < 4.78 is 7.17. The van der Waals surface area contributed by atoms with Gasteiger partial charge in [-0.2, -0.15) is 4.79 Å². The van der Waals surface area contributed by atoms with Crippen LogP contribution in [0.1, 0.15) is 6.92 Å². The van der Waals surface area contributed by atoms with Crippen LogP contribution in [0.25, 0.3) is 0 Å². The summed E-state index contributed by atoms with van der Waals surface area (Å²) in [7, 11) is 1.76. The van der Waals surface area contributed by atoms with Gasteiger partial charge < -0.3 is 21.7 Å². The fourth-order valence-corrected chi connectivity index (χ4v) is 0.734. The third-order valence-electron chi connectivity index (χ3n) is 1.21. The van der Waals surface area contributed by atoms with Crippen molar-refractivity contribution in [2.24, 2.45) is 7.05 Å². The quantitative estimate of drug-likeness (QED) is 0.277. The molecular formula is C7H9BrN2O3. The van der Waals surface area contributed by atoms with Gasteiger partial charge in [-0.25, -0.2) is 4.57 Å². The van der Waals surface area contributed by atoms with Crippen molar-refractivity contribution in [2.45, 2.75) is 6.92 Å². The van der Waals surface area contributed by atoms with E-state index in [0.29, 0.717) is 0 Å². The van der Waals surface area contributed by atoms with Crippen molar-refractivity contribution < 1.29 is 35.9 Å². The molecule has 0 N–H and O–H groups in total. The molecular weight excluding hydrogens is 240 g/mol. The maximum atomic E-state index is 11.0. The van der Waals surface area contributed by atoms with E-state index in [2.05, 4.69) is 4.74 Å². The van der Waals surface area contributed by atoms with E-state index < -0.39 is 12.1 Å². The Bertz CT molecular complexity index is 321. The monoisotopic (exact) mass is 248 g/mol. The summed E-state index contributed by atoms with van der Waals surface area (Å²) in [6, 6.07) is 0. The largest absolute Gasteiger partial charge is 1.00 e. The molecule has 0 radical (unpaired) electrons. The van der Waals surface area contributed by atoms with Gasteiger partial charge in [0.05, 0.1) is 7.05 Å². The summed E-state index contributed by atoms with van der Waals surface area (Å²) in [5.41, 5.74) is 0. The predicted octanol–water partition coefficient (Wildman–Crippen LogP) is -3.15. The van der Waals surface area contributed by atoms with Gasteiger partial charge in [0, 0.05) is 6.92 Å². The average molecular weight is 249 g/mol. The number of hydrogen-bond acceptors (Lipinski definition) is 3. The number of nitrogens with zero attached hydrogens (tertiary/aromatic N) is 2. The lowest BCUT2D eigenvalue weighted by atomic mass is 10.8. The van der Waals surface area contributed by atoms with Crippen LogP contribution in [0.4, 0.5) is 4.79 Å². The molecule has 0 aliphatic carbocycles. The predicted molar refractivity (Wildman–Crippen MR) is 38.2 cm³/mol. The summed E-state index contributed by atoms with van der Waals surface area (Å²) in [6.45, 7) is 1.18. The highest BCUT2D eigenvalue weighted by Crippen LogP contribution is 1.81. The molecule has 0 fully saturated rings. The number of imidazole rings is 1. The first-order chi connectivity index (χ1) is 5.59. The number of esters is 1. The van der Waals surface area contributed by atoms with Gasteiger partial charge in [0.2, 0.25) is 0 Å². The fraction of sp³-hybridized carbons (Fsp3) is 0.286. The van der Waals surface area contributed by atoms with Crippen molar-refractivity contribution >= 4 is 12.1 Å². The molecule has 13 heavy (non-hydrogen) atoms. The molecule has 0 saturated heterocycles. The van der Waals surface area contributed by atoms with Gasteiger partial charge in [0.1, 0.15) is 12.4 Å². The molecule has 1 aromatic heterocycles. The van der Waals surface area contributed by atoms with Crippen LogP contribution in [0.3, 0.4) is 0 Å². The van der Waals surface area contributed by atoms with E-state index in [4.69, 9.17) is 0 Å². The van der Waals surface area contributed by atoms with Crippen molar-refractivity contribution in [1.29, 1.82) is 0 Å². The van der Waals surface area contributed by atoms with Gasteiger partial charge in [-0.05, 0) is 0 Å². The Morgan fingerprint density at radius 1 is 1.46 bits per heavy atom. The number of carbonyl (C=O) groups excluding carboxylic acids is 2. The Labute approximate surface area is 85.7 Å². The lowest BCUT2D eigenvalue weighted by molar-refractivity contribution is -0.582. The number of ether oxygens (including phenoxy) is 1. The third-order valence-corrected chi connectivity index (χ3v) is 1.21. The van der Waals surface area contributed by atoms with Crippen LogP contribution in [0.15, 0.2) is 18.7 Å². The molecule has 0 aliphatic heterocycles. The van der Waals surface area contributed by atoms with Crippen molar-refractivity contribution in [3.8, 4) is 0 Å². The van der Waals surface area contributed by atoms with Gasteiger partial charge in [0.25, 0.3) is 6.33 Å². The van der Waals surface area contributed by atoms with Crippen molar-refractivity contribution in [3.63, 3.8) is 0 Å². The summed E-state index contributed by atoms with van der Waals surface area (Å²) in [6.07, 6.45) is 3.99. The van der Waals surface area contributed by atoms with Crippen molar-refractivity contribution in [2.75, 3.05) is 0 Å². The van der Waals surface area contributed by atoms with Gasteiger partial charge in [0.15, 0.2) is 0 Å². The second kappa shape index (κ2) is 4.76. The molecule has 0 atom stereocenters. The molecule has 0 aromatic carbocycles. The smallest absolute Gasteiger partial charge is 0.519 e. The molecule has 0 bridgehead atoms. The Balaban J connectivity index is 0.00000144. The minimum atomic E-state index is -0.692. The highest BCUT2D eigenvalue weighted by molar-refractivity contribution is 5.78. The maximum Gasteiger partial charge on any atom is 0.519 e. The lowest BCUT2D eigenvalue weighted by Crippen LogP contribution is -3.00. The van der Waals surface area contributed by atoms with E-state index in [1.54, 1.807) is 17.8 Å². The van der Waals surface area contributed by atoms with Gasteiger partial charge in [-0.15, -0.1) is 4.57 Å². The van der Waals surface area contributed by atoms with Crippen molar-refractivity contribution in [3.05, 3.63) is 18.7 Å². The zero-order valence-corrected chi connectivity index (χ0v) is 8.82. The lowest BCUT2D eigenvalue weighted by Gasteiger charge is -1.91. The molecule has 0 amide bonds. The zero-order chi connectivity index (χ0) is 9.14. The van der Waals surface area contributed by atoms with E-state index in [9.17, 15) is 9.59 Å². The second-order valence-electron chi connectivity index (χ2n) is 2.35. The first kappa shape index (κ1) is 11.8. The molecule has 6 heteroatoms. The molecule has 1 aromatic rings. The Hall–Kier alpha value is -1.17. The van der Waals surface area contributed by atoms with Crippen LogP contribution in [-0.2, 0) is 16.6 Å². The zero-order valence-electron chi connectivity index (χ0n) is 7.23. The van der Waals surface area contributed by atoms with Gasteiger partial charge in [-0.3, -0.25) is 4.79 Å². The van der Waals surface area contributed by atoms with Crippen LogP contribution >= 0.6 is 0 Å². The van der Waals surface area contributed by atoms with E-state index in [1.807, 2.05) is 0 Å². The fourth-order valence-electron chi connectivity index (χ4n) is 0.734. The molecule has 0 spiro atoms. The molecule has 72 valence electrons. The molecule has 0 unspecified atom stereocenters. The minimum absolute atomic E-state index is 0. The highest BCUT2D eigenvalue weighted by Gasteiger charge is 2.14. The van der Waals surface area contributed by atoms with Crippen LogP contribution < -0.4 is 21.5 Å². The normalized spacial score (nSPS) is 8.77. The third kappa shape index (κ3) is 3.37. The maximum absolute atomic E-state index is 11.0. The van der Waals surface area contributed by atoms with E-state index >= 15 is 0 Å². The number of aromatic nitrogens is 2. The number of aryl methyl sites for hydroxylation is 1. The van der Waals surface area contributed by atoms with Crippen LogP contribution in [0, 0.1) is 0 Å². The van der Waals surface area contributed by atoms with E-state index in [-0.39, 0.29) is 17.0 Å². The van der Waals surface area contributed by atoms with Gasteiger partial charge >= 0.3 is 12.1 Å². The highest BCUT2D eigenvalue weighted by atomic mass is 79.9. The number of carbonyl (C=O) groups is 2. The first-order valence-electron chi connectivity index (χ1n) is 3.35. The number of rotatable bonds is 0. The van der Waals surface area contributed by atoms with E-state index in [0.717, 1.165) is 0 Å². The Morgan fingerprint density at radius 3 is 2.46 bits per heavy atom. The first-order valence-corrected chi connectivity index (χ1v) is 3.35. The van der Waals surface area contributed by atoms with E-state index in [1.165, 1.54) is 24.0 Å². The topological polar surface area (TPSA) is 52.2 Å². The Kier molecular flexibility index (Phi) is 4.33. The SMILES string of the molecule is CC(=O)OC(=O)[n+]1ccn(C)c1.[Br-]. The number of halogens is 1. The molecule has 1 rings (SSSR count). The van der Waals surface area contributed by atoms with Gasteiger partial charge in [-0.1, -0.05) is 0 Å².